The Morgan fingerprint density at radius 2 is 1.50 bits per heavy atom. The van der Waals surface area contributed by atoms with Gasteiger partial charge in [0, 0.05) is 68.9 Å². The van der Waals surface area contributed by atoms with E-state index in [9.17, 15) is 0 Å². The summed E-state index contributed by atoms with van der Waals surface area (Å²) in [5.41, 5.74) is 0. The third-order valence-electron chi connectivity index (χ3n) is 0.577. The van der Waals surface area contributed by atoms with Crippen molar-refractivity contribution in [1.29, 1.82) is 0 Å². The Morgan fingerprint density at radius 3 is 1.50 bits per heavy atom. The Balaban J connectivity index is -0.0000000154. The molecule has 0 heterocycles. The molecule has 0 aliphatic carbocycles. The zero-order valence-corrected chi connectivity index (χ0v) is 11.7. The Bertz CT molecular complexity index is 16.7. The summed E-state index contributed by atoms with van der Waals surface area (Å²) in [4.78, 5) is 0. The molecule has 0 N–H and O–H groups in total. The van der Waals surface area contributed by atoms with Crippen LogP contribution in [0.15, 0.2) is 0 Å². The molecule has 0 rings (SSSR count). The van der Waals surface area contributed by atoms with E-state index in [-0.39, 0.29) is 76.3 Å². The van der Waals surface area contributed by atoms with Crippen LogP contribution in [0.2, 0.25) is 0 Å². The average Bonchev–Trinajstić information content (AvgIpc) is 1.75. The van der Waals surface area contributed by atoms with Crippen molar-refractivity contribution in [3.05, 3.63) is 6.42 Å². The van der Waals surface area contributed by atoms with Crippen molar-refractivity contribution in [3.63, 3.8) is 0 Å². The third-order valence-corrected chi connectivity index (χ3v) is 0.577. The van der Waals surface area contributed by atoms with Gasteiger partial charge in [0.05, 0.1) is 0 Å². The molecule has 0 atom stereocenters. The predicted octanol–water partition coefficient (Wildman–Crippen LogP) is 3.67. The molecule has 0 amide bonds. The second kappa shape index (κ2) is 42.6. The smallest absolute Gasteiger partial charge is 0 e. The van der Waals surface area contributed by atoms with Crippen molar-refractivity contribution < 1.29 is 68.9 Å². The van der Waals surface area contributed by atoms with Gasteiger partial charge in [0.1, 0.15) is 0 Å². The molecule has 0 nitrogen and oxygen atoms in total. The molecule has 66 valence electrons. The summed E-state index contributed by atoms with van der Waals surface area (Å²) in [6.45, 7) is 8.27. The van der Waals surface area contributed by atoms with Crippen LogP contribution in [-0.4, -0.2) is 0 Å². The van der Waals surface area contributed by atoms with Gasteiger partial charge in [0.15, 0.2) is 0 Å². The maximum atomic E-state index is 2.18. The Labute approximate surface area is 121 Å². The normalized spacial score (nSPS) is 4.80. The van der Waals surface area contributed by atoms with Crippen LogP contribution in [0, 0.1) is 75.3 Å². The van der Waals surface area contributed by atoms with Crippen LogP contribution in [0.25, 0.3) is 0 Å². The summed E-state index contributed by atoms with van der Waals surface area (Å²) in [6.07, 6.45) is 4.73. The molecule has 0 fully saturated rings. The minimum absolute atomic E-state index is 0. The van der Waals surface area contributed by atoms with Gasteiger partial charge in [-0.15, -0.1) is 0 Å². The van der Waals surface area contributed by atoms with Crippen LogP contribution >= 0.6 is 0 Å². The molecular formula is C8H21ArU-. The third kappa shape index (κ3) is 48.1. The van der Waals surface area contributed by atoms with Crippen LogP contribution in [0.4, 0.5) is 0 Å². The zero-order valence-electron chi connectivity index (χ0n) is 6.85. The van der Waals surface area contributed by atoms with E-state index >= 15 is 0 Å². The van der Waals surface area contributed by atoms with Crippen molar-refractivity contribution in [3.8, 4) is 0 Å². The SMILES string of the molecule is C.CC.C[CH-]CCC.[Ar].[U]. The van der Waals surface area contributed by atoms with Crippen molar-refractivity contribution in [2.75, 3.05) is 0 Å². The van der Waals surface area contributed by atoms with Crippen LogP contribution in [0.3, 0.4) is 0 Å². The van der Waals surface area contributed by atoms with E-state index in [1.54, 1.807) is 0 Å². The molecule has 0 bridgehead atoms. The molecule has 2 heteroatoms. The Morgan fingerprint density at radius 1 is 1.20 bits per heavy atom. The standard InChI is InChI=1S/C5H11.C2H6.CH4.Ar.U/c1-3-5-4-2;1-2;;;/h3H,4-5H2,1-2H3;1-2H3;1H4;;/q-1;;;;. The van der Waals surface area contributed by atoms with Crippen molar-refractivity contribution in [1.82, 2.24) is 0 Å². The number of unbranched alkanes of at least 4 members (excludes halogenated alkanes) is 2. The zero-order chi connectivity index (χ0) is 6.12. The summed E-state index contributed by atoms with van der Waals surface area (Å²) in [6, 6.07) is 0. The quantitative estimate of drug-likeness (QED) is 0.626. The molecule has 0 saturated heterocycles. The van der Waals surface area contributed by atoms with Gasteiger partial charge in [-0.1, -0.05) is 34.6 Å². The molecule has 0 aromatic heterocycles. The van der Waals surface area contributed by atoms with Crippen LogP contribution in [0.5, 0.6) is 0 Å². The predicted molar refractivity (Wildman–Crippen MR) is 43.0 cm³/mol. The summed E-state index contributed by atoms with van der Waals surface area (Å²) in [7, 11) is 0. The first-order valence-corrected chi connectivity index (χ1v) is 3.19. The summed E-state index contributed by atoms with van der Waals surface area (Å²) in [5.74, 6) is 0. The van der Waals surface area contributed by atoms with Gasteiger partial charge in [-0.3, -0.25) is 0 Å². The minimum Gasteiger partial charge on any atom is -0.332 e. The first-order valence-electron chi connectivity index (χ1n) is 3.19. The molecule has 0 aliphatic rings. The van der Waals surface area contributed by atoms with E-state index < -0.39 is 0 Å². The number of hydrogen-bond donors (Lipinski definition) is 0. The second-order valence-corrected chi connectivity index (χ2v) is 1.20. The summed E-state index contributed by atoms with van der Waals surface area (Å²) < 4.78 is 0. The number of rotatable bonds is 2. The van der Waals surface area contributed by atoms with E-state index in [4.69, 9.17) is 0 Å². The minimum atomic E-state index is 0. The summed E-state index contributed by atoms with van der Waals surface area (Å²) in [5, 5.41) is 0. The molecule has 0 spiro atoms. The Hall–Kier alpha value is 2.31. The Kier molecular flexibility index (Phi) is 126. The molecule has 0 aromatic carbocycles. The molecule has 0 unspecified atom stereocenters. The molecular weight excluding hydrogens is 374 g/mol. The van der Waals surface area contributed by atoms with Gasteiger partial charge in [0.25, 0.3) is 0 Å². The van der Waals surface area contributed by atoms with E-state index in [1.807, 2.05) is 13.8 Å². The van der Waals surface area contributed by atoms with Gasteiger partial charge in [-0.25, -0.2) is 0 Å². The van der Waals surface area contributed by atoms with E-state index in [1.165, 1.54) is 12.8 Å². The van der Waals surface area contributed by atoms with E-state index in [2.05, 4.69) is 20.3 Å². The van der Waals surface area contributed by atoms with Gasteiger partial charge >= 0.3 is 0 Å². The second-order valence-electron chi connectivity index (χ2n) is 1.20. The van der Waals surface area contributed by atoms with E-state index in [0.29, 0.717) is 0 Å². The van der Waals surface area contributed by atoms with Crippen molar-refractivity contribution in [2.45, 2.75) is 48.0 Å². The fraction of sp³-hybridized carbons (Fsp3) is 0.875. The van der Waals surface area contributed by atoms with Gasteiger partial charge in [0.2, 0.25) is 0 Å². The summed E-state index contributed by atoms with van der Waals surface area (Å²) >= 11 is 0. The van der Waals surface area contributed by atoms with Crippen LogP contribution < -0.4 is 0 Å². The van der Waals surface area contributed by atoms with Crippen molar-refractivity contribution in [2.24, 2.45) is 0 Å². The van der Waals surface area contributed by atoms with E-state index in [0.717, 1.165) is 0 Å². The van der Waals surface area contributed by atoms with Crippen LogP contribution in [0.1, 0.15) is 48.0 Å². The van der Waals surface area contributed by atoms with Crippen LogP contribution in [-0.2, 0) is 0 Å². The topological polar surface area (TPSA) is 0 Å². The largest absolute Gasteiger partial charge is 0.332 e. The van der Waals surface area contributed by atoms with Gasteiger partial charge in [-0.05, 0) is 0 Å². The fourth-order valence-electron chi connectivity index (χ4n) is 0.289. The first kappa shape index (κ1) is 29.5. The molecule has 0 radical (unpaired) electrons. The molecule has 0 aliphatic heterocycles. The van der Waals surface area contributed by atoms with Gasteiger partial charge < -0.3 is 6.42 Å². The van der Waals surface area contributed by atoms with Gasteiger partial charge in [-0.2, -0.15) is 13.3 Å². The maximum absolute atomic E-state index is 2.18. The molecule has 0 aromatic rings. The fourth-order valence-corrected chi connectivity index (χ4v) is 0.289. The average molecular weight is 395 g/mol. The molecule has 0 saturated carbocycles. The molecule has 10 heavy (non-hydrogen) atoms. The maximum Gasteiger partial charge on any atom is 0 e. The van der Waals surface area contributed by atoms with Crippen molar-refractivity contribution >= 4 is 0 Å². The first-order chi connectivity index (χ1) is 3.41. The monoisotopic (exact) mass is 395 g/mol. The number of hydrogen-bond acceptors (Lipinski definition) is 0.